The smallest absolute Gasteiger partial charge is 0.119 e. The molecular formula is C11H15NO3. The van der Waals surface area contributed by atoms with E-state index in [1.807, 2.05) is 24.3 Å². The van der Waals surface area contributed by atoms with Crippen LogP contribution in [-0.4, -0.2) is 31.2 Å². The molecule has 0 aliphatic heterocycles. The highest BCUT2D eigenvalue weighted by molar-refractivity contribution is 5.98. The highest BCUT2D eigenvalue weighted by Gasteiger charge is 1.98. The van der Waals surface area contributed by atoms with Crippen molar-refractivity contribution in [2.75, 3.05) is 20.3 Å². The lowest BCUT2D eigenvalue weighted by atomic mass is 10.1. The van der Waals surface area contributed by atoms with E-state index < -0.39 is 0 Å². The summed E-state index contributed by atoms with van der Waals surface area (Å²) in [6.45, 7) is 2.84. The summed E-state index contributed by atoms with van der Waals surface area (Å²) in [5, 5.41) is 11.7. The van der Waals surface area contributed by atoms with Gasteiger partial charge >= 0.3 is 0 Å². The molecule has 1 N–H and O–H groups in total. The topological polar surface area (TPSA) is 51.0 Å². The zero-order valence-corrected chi connectivity index (χ0v) is 8.93. The van der Waals surface area contributed by atoms with Crippen LogP contribution in [-0.2, 0) is 4.74 Å². The SMILES string of the molecule is COCCOc1ccc(/C(C)=N/O)cc1. The first kappa shape index (κ1) is 11.5. The summed E-state index contributed by atoms with van der Waals surface area (Å²) in [7, 11) is 1.63. The van der Waals surface area contributed by atoms with Gasteiger partial charge in [-0.25, -0.2) is 0 Å². The van der Waals surface area contributed by atoms with Gasteiger partial charge in [0.15, 0.2) is 0 Å². The van der Waals surface area contributed by atoms with Crippen LogP contribution in [0.4, 0.5) is 0 Å². The second-order valence-electron chi connectivity index (χ2n) is 3.05. The van der Waals surface area contributed by atoms with Crippen LogP contribution in [0.5, 0.6) is 5.75 Å². The number of nitrogens with zero attached hydrogens (tertiary/aromatic N) is 1. The van der Waals surface area contributed by atoms with Crippen LogP contribution in [0.15, 0.2) is 29.4 Å². The number of ether oxygens (including phenoxy) is 2. The van der Waals surface area contributed by atoms with Crippen molar-refractivity contribution in [3.8, 4) is 5.75 Å². The molecule has 4 nitrogen and oxygen atoms in total. The van der Waals surface area contributed by atoms with Gasteiger partial charge in [-0.2, -0.15) is 0 Å². The molecule has 1 aromatic carbocycles. The lowest BCUT2D eigenvalue weighted by molar-refractivity contribution is 0.146. The maximum atomic E-state index is 8.57. The Morgan fingerprint density at radius 1 is 1.27 bits per heavy atom. The first-order valence-electron chi connectivity index (χ1n) is 4.68. The number of hydrogen-bond acceptors (Lipinski definition) is 4. The third-order valence-electron chi connectivity index (χ3n) is 1.98. The van der Waals surface area contributed by atoms with Gasteiger partial charge in [-0.15, -0.1) is 0 Å². The Hall–Kier alpha value is -1.55. The minimum Gasteiger partial charge on any atom is -0.491 e. The third-order valence-corrected chi connectivity index (χ3v) is 1.98. The molecule has 0 radical (unpaired) electrons. The average molecular weight is 209 g/mol. The molecule has 0 aromatic heterocycles. The lowest BCUT2D eigenvalue weighted by Gasteiger charge is -2.05. The molecule has 0 unspecified atom stereocenters. The number of benzene rings is 1. The minimum atomic E-state index is 0.531. The number of methoxy groups -OCH3 is 1. The van der Waals surface area contributed by atoms with E-state index in [1.165, 1.54) is 0 Å². The van der Waals surface area contributed by atoms with E-state index in [0.29, 0.717) is 18.9 Å². The molecule has 0 spiro atoms. The summed E-state index contributed by atoms with van der Waals surface area (Å²) in [4.78, 5) is 0. The molecule has 0 atom stereocenters. The van der Waals surface area contributed by atoms with Crippen molar-refractivity contribution >= 4 is 5.71 Å². The largest absolute Gasteiger partial charge is 0.491 e. The predicted octanol–water partition coefficient (Wildman–Crippen LogP) is 1.91. The highest BCUT2D eigenvalue weighted by atomic mass is 16.5. The molecule has 0 aliphatic rings. The molecule has 0 fully saturated rings. The fourth-order valence-corrected chi connectivity index (χ4v) is 1.09. The van der Waals surface area contributed by atoms with Crippen LogP contribution in [0.2, 0.25) is 0 Å². The van der Waals surface area contributed by atoms with E-state index in [1.54, 1.807) is 14.0 Å². The standard InChI is InChI=1S/C11H15NO3/c1-9(12-13)10-3-5-11(6-4-10)15-8-7-14-2/h3-6,13H,7-8H2,1-2H3/b12-9+. The minimum absolute atomic E-state index is 0.531. The van der Waals surface area contributed by atoms with Crippen molar-refractivity contribution in [1.82, 2.24) is 0 Å². The zero-order chi connectivity index (χ0) is 11.1. The Morgan fingerprint density at radius 2 is 1.93 bits per heavy atom. The van der Waals surface area contributed by atoms with Crippen LogP contribution in [0.25, 0.3) is 0 Å². The van der Waals surface area contributed by atoms with E-state index >= 15 is 0 Å². The quantitative estimate of drug-likeness (QED) is 0.349. The normalized spacial score (nSPS) is 11.5. The molecule has 4 heteroatoms. The van der Waals surface area contributed by atoms with E-state index in [4.69, 9.17) is 14.7 Å². The van der Waals surface area contributed by atoms with Crippen LogP contribution in [0, 0.1) is 0 Å². The predicted molar refractivity (Wildman–Crippen MR) is 57.8 cm³/mol. The summed E-state index contributed by atoms with van der Waals surface area (Å²) in [6, 6.07) is 7.35. The number of rotatable bonds is 5. The van der Waals surface area contributed by atoms with Crippen molar-refractivity contribution in [2.24, 2.45) is 5.16 Å². The highest BCUT2D eigenvalue weighted by Crippen LogP contribution is 2.12. The van der Waals surface area contributed by atoms with E-state index in [2.05, 4.69) is 5.16 Å². The van der Waals surface area contributed by atoms with Crippen molar-refractivity contribution in [3.63, 3.8) is 0 Å². The second-order valence-corrected chi connectivity index (χ2v) is 3.05. The molecule has 1 rings (SSSR count). The second kappa shape index (κ2) is 6.03. The van der Waals surface area contributed by atoms with Gasteiger partial charge in [0.25, 0.3) is 0 Å². The lowest BCUT2D eigenvalue weighted by Crippen LogP contribution is -2.04. The van der Waals surface area contributed by atoms with Gasteiger partial charge < -0.3 is 14.7 Å². The average Bonchev–Trinajstić information content (AvgIpc) is 2.29. The fraction of sp³-hybridized carbons (Fsp3) is 0.364. The molecule has 0 saturated carbocycles. The van der Waals surface area contributed by atoms with Gasteiger partial charge in [0.05, 0.1) is 12.3 Å². The maximum Gasteiger partial charge on any atom is 0.119 e. The molecule has 1 aromatic rings. The van der Waals surface area contributed by atoms with Gasteiger partial charge in [-0.1, -0.05) is 5.16 Å². The van der Waals surface area contributed by atoms with Gasteiger partial charge in [0.1, 0.15) is 12.4 Å². The fourth-order valence-electron chi connectivity index (χ4n) is 1.09. The summed E-state index contributed by atoms with van der Waals surface area (Å²) in [6.07, 6.45) is 0. The molecule has 0 heterocycles. The van der Waals surface area contributed by atoms with Crippen molar-refractivity contribution in [1.29, 1.82) is 0 Å². The van der Waals surface area contributed by atoms with Crippen LogP contribution < -0.4 is 4.74 Å². The summed E-state index contributed by atoms with van der Waals surface area (Å²) in [5.74, 6) is 0.779. The van der Waals surface area contributed by atoms with Gasteiger partial charge in [0.2, 0.25) is 0 Å². The molecule has 0 aliphatic carbocycles. The monoisotopic (exact) mass is 209 g/mol. The number of hydrogen-bond donors (Lipinski definition) is 1. The molecular weight excluding hydrogens is 194 g/mol. The number of oxime groups is 1. The van der Waals surface area contributed by atoms with Crippen LogP contribution >= 0.6 is 0 Å². The van der Waals surface area contributed by atoms with E-state index in [-0.39, 0.29) is 0 Å². The summed E-state index contributed by atoms with van der Waals surface area (Å²) < 4.78 is 10.3. The van der Waals surface area contributed by atoms with Crippen molar-refractivity contribution in [3.05, 3.63) is 29.8 Å². The van der Waals surface area contributed by atoms with Crippen LogP contribution in [0.3, 0.4) is 0 Å². The van der Waals surface area contributed by atoms with Gasteiger partial charge in [0, 0.05) is 7.11 Å². The first-order valence-corrected chi connectivity index (χ1v) is 4.68. The summed E-state index contributed by atoms with van der Waals surface area (Å²) >= 11 is 0. The zero-order valence-electron chi connectivity index (χ0n) is 8.93. The Balaban J connectivity index is 2.56. The van der Waals surface area contributed by atoms with E-state index in [9.17, 15) is 0 Å². The molecule has 0 amide bonds. The van der Waals surface area contributed by atoms with E-state index in [0.717, 1.165) is 11.3 Å². The molecule has 0 saturated heterocycles. The Morgan fingerprint density at radius 3 is 2.47 bits per heavy atom. The van der Waals surface area contributed by atoms with Crippen molar-refractivity contribution < 1.29 is 14.7 Å². The molecule has 0 bridgehead atoms. The third kappa shape index (κ3) is 3.59. The molecule has 15 heavy (non-hydrogen) atoms. The Kier molecular flexibility index (Phi) is 4.63. The Labute approximate surface area is 89.1 Å². The first-order chi connectivity index (χ1) is 7.27. The summed E-state index contributed by atoms with van der Waals surface area (Å²) in [5.41, 5.74) is 1.45. The maximum absolute atomic E-state index is 8.57. The van der Waals surface area contributed by atoms with Crippen LogP contribution in [0.1, 0.15) is 12.5 Å². The Bertz CT molecular complexity index is 319. The van der Waals surface area contributed by atoms with Gasteiger partial charge in [-0.05, 0) is 36.8 Å². The van der Waals surface area contributed by atoms with Gasteiger partial charge in [-0.3, -0.25) is 0 Å². The molecule has 82 valence electrons. The van der Waals surface area contributed by atoms with Crippen molar-refractivity contribution in [2.45, 2.75) is 6.92 Å².